The van der Waals surface area contributed by atoms with Crippen LogP contribution in [0.1, 0.15) is 5.69 Å². The lowest BCUT2D eigenvalue weighted by molar-refractivity contribution is -0.141. The van der Waals surface area contributed by atoms with Crippen molar-refractivity contribution in [2.75, 3.05) is 25.2 Å². The van der Waals surface area contributed by atoms with Crippen LogP contribution in [0.15, 0.2) is 12.5 Å². The zero-order chi connectivity index (χ0) is 14.1. The summed E-state index contributed by atoms with van der Waals surface area (Å²) in [5.74, 6) is -0.448. The molecule has 1 amide bonds. The van der Waals surface area contributed by atoms with Crippen LogP contribution in [0.3, 0.4) is 0 Å². The van der Waals surface area contributed by atoms with Crippen molar-refractivity contribution in [1.29, 1.82) is 0 Å². The summed E-state index contributed by atoms with van der Waals surface area (Å²) < 4.78 is 4.86. The maximum absolute atomic E-state index is 11.6. The molecule has 0 saturated heterocycles. The van der Waals surface area contributed by atoms with Crippen LogP contribution in [0.2, 0.25) is 0 Å². The number of ether oxygens (including phenoxy) is 1. The number of aromatic amines is 1. The van der Waals surface area contributed by atoms with Crippen LogP contribution < -0.4 is 5.32 Å². The van der Waals surface area contributed by atoms with Gasteiger partial charge in [0.2, 0.25) is 5.91 Å². The standard InChI is InChI=1S/C11H17N3O4S/c1-18-2-3-19-6-10(15)14-9(11(16)17)4-8-5-12-7-13-8/h5,7,9H,2-4,6H2,1H3,(H,12,13)(H,14,15)(H,16,17)/t9-/m1/s1. The second-order valence-corrected chi connectivity index (χ2v) is 4.89. The molecule has 0 radical (unpaired) electrons. The predicted molar refractivity (Wildman–Crippen MR) is 71.1 cm³/mol. The summed E-state index contributed by atoms with van der Waals surface area (Å²) >= 11 is 1.40. The van der Waals surface area contributed by atoms with E-state index in [-0.39, 0.29) is 18.1 Å². The van der Waals surface area contributed by atoms with E-state index in [0.29, 0.717) is 18.1 Å². The molecule has 1 aromatic heterocycles. The summed E-state index contributed by atoms with van der Waals surface area (Å²) in [5, 5.41) is 11.5. The van der Waals surface area contributed by atoms with Gasteiger partial charge in [-0.3, -0.25) is 4.79 Å². The number of rotatable bonds is 9. The van der Waals surface area contributed by atoms with Gasteiger partial charge in [0.05, 0.1) is 18.7 Å². The van der Waals surface area contributed by atoms with E-state index in [1.165, 1.54) is 24.3 Å². The van der Waals surface area contributed by atoms with Crippen LogP contribution >= 0.6 is 11.8 Å². The summed E-state index contributed by atoms with van der Waals surface area (Å²) in [6.07, 6.45) is 3.19. The fraction of sp³-hybridized carbons (Fsp3) is 0.545. The first-order valence-electron chi connectivity index (χ1n) is 5.69. The molecule has 1 atom stereocenters. The first kappa shape index (κ1) is 15.5. The number of nitrogens with one attached hydrogen (secondary N) is 2. The molecule has 1 rings (SSSR count). The van der Waals surface area contributed by atoms with Crippen LogP contribution in [-0.4, -0.2) is 58.2 Å². The summed E-state index contributed by atoms with van der Waals surface area (Å²) in [6, 6.07) is -0.948. The second kappa shape index (κ2) is 8.54. The number of aromatic nitrogens is 2. The Balaban J connectivity index is 2.36. The van der Waals surface area contributed by atoms with Gasteiger partial charge in [-0.2, -0.15) is 0 Å². The Morgan fingerprint density at radius 2 is 2.42 bits per heavy atom. The second-order valence-electron chi connectivity index (χ2n) is 3.78. The van der Waals surface area contributed by atoms with Gasteiger partial charge in [0.1, 0.15) is 6.04 Å². The van der Waals surface area contributed by atoms with E-state index in [1.54, 1.807) is 7.11 Å². The van der Waals surface area contributed by atoms with Crippen molar-refractivity contribution >= 4 is 23.6 Å². The van der Waals surface area contributed by atoms with Crippen molar-refractivity contribution in [2.24, 2.45) is 0 Å². The molecule has 8 heteroatoms. The Hall–Kier alpha value is -1.54. The Bertz CT molecular complexity index is 397. The zero-order valence-corrected chi connectivity index (χ0v) is 11.4. The first-order valence-corrected chi connectivity index (χ1v) is 6.85. The average molecular weight is 287 g/mol. The van der Waals surface area contributed by atoms with E-state index in [2.05, 4.69) is 15.3 Å². The molecule has 0 aliphatic heterocycles. The lowest BCUT2D eigenvalue weighted by Gasteiger charge is -2.13. The smallest absolute Gasteiger partial charge is 0.326 e. The summed E-state index contributed by atoms with van der Waals surface area (Å²) in [7, 11) is 1.59. The number of carboxylic acid groups (broad SMARTS) is 1. The Morgan fingerprint density at radius 1 is 1.63 bits per heavy atom. The van der Waals surface area contributed by atoms with Gasteiger partial charge in [0.25, 0.3) is 0 Å². The number of carboxylic acids is 1. The highest BCUT2D eigenvalue weighted by molar-refractivity contribution is 7.99. The number of nitrogens with zero attached hydrogens (tertiary/aromatic N) is 1. The molecule has 0 aliphatic carbocycles. The highest BCUT2D eigenvalue weighted by Gasteiger charge is 2.20. The molecular weight excluding hydrogens is 270 g/mol. The Morgan fingerprint density at radius 3 is 3.00 bits per heavy atom. The largest absolute Gasteiger partial charge is 0.480 e. The predicted octanol–water partition coefficient (Wildman–Crippen LogP) is -0.0988. The molecule has 1 aromatic rings. The number of hydrogen-bond acceptors (Lipinski definition) is 5. The highest BCUT2D eigenvalue weighted by atomic mass is 32.2. The molecular formula is C11H17N3O4S. The molecule has 0 fully saturated rings. The van der Waals surface area contributed by atoms with Crippen LogP contribution in [0.5, 0.6) is 0 Å². The Labute approximate surface area is 115 Å². The third-order valence-electron chi connectivity index (χ3n) is 2.28. The van der Waals surface area contributed by atoms with E-state index in [9.17, 15) is 9.59 Å². The molecule has 0 aromatic carbocycles. The minimum atomic E-state index is -1.06. The zero-order valence-electron chi connectivity index (χ0n) is 10.6. The number of methoxy groups -OCH3 is 1. The van der Waals surface area contributed by atoms with Crippen molar-refractivity contribution in [2.45, 2.75) is 12.5 Å². The molecule has 0 bridgehead atoms. The molecule has 19 heavy (non-hydrogen) atoms. The molecule has 0 spiro atoms. The summed E-state index contributed by atoms with van der Waals surface area (Å²) in [5.41, 5.74) is 0.666. The van der Waals surface area contributed by atoms with Gasteiger partial charge in [-0.05, 0) is 0 Å². The monoisotopic (exact) mass is 287 g/mol. The van der Waals surface area contributed by atoms with E-state index < -0.39 is 12.0 Å². The number of carbonyl (C=O) groups excluding carboxylic acids is 1. The number of amides is 1. The highest BCUT2D eigenvalue weighted by Crippen LogP contribution is 2.02. The lowest BCUT2D eigenvalue weighted by Crippen LogP contribution is -2.43. The van der Waals surface area contributed by atoms with Crippen molar-refractivity contribution in [1.82, 2.24) is 15.3 Å². The quantitative estimate of drug-likeness (QED) is 0.548. The number of carbonyl (C=O) groups is 2. The Kier molecular flexibility index (Phi) is 6.98. The molecule has 106 valence electrons. The summed E-state index contributed by atoms with van der Waals surface area (Å²) in [6.45, 7) is 0.564. The van der Waals surface area contributed by atoms with Gasteiger partial charge in [-0.25, -0.2) is 9.78 Å². The topological polar surface area (TPSA) is 104 Å². The average Bonchev–Trinajstić information content (AvgIpc) is 2.86. The van der Waals surface area contributed by atoms with E-state index in [1.807, 2.05) is 0 Å². The van der Waals surface area contributed by atoms with E-state index in [0.717, 1.165) is 0 Å². The number of hydrogen-bond donors (Lipinski definition) is 3. The normalized spacial score (nSPS) is 12.1. The van der Waals surface area contributed by atoms with Gasteiger partial charge in [0, 0.05) is 31.2 Å². The number of aliphatic carboxylic acids is 1. The van der Waals surface area contributed by atoms with Gasteiger partial charge >= 0.3 is 5.97 Å². The van der Waals surface area contributed by atoms with Gasteiger partial charge in [-0.15, -0.1) is 11.8 Å². The molecule has 3 N–H and O–H groups in total. The lowest BCUT2D eigenvalue weighted by atomic mass is 10.1. The number of thioether (sulfide) groups is 1. The van der Waals surface area contributed by atoms with Crippen LogP contribution in [0, 0.1) is 0 Å². The molecule has 0 unspecified atom stereocenters. The number of imidazole rings is 1. The first-order chi connectivity index (χ1) is 9.13. The molecule has 7 nitrogen and oxygen atoms in total. The van der Waals surface area contributed by atoms with Gasteiger partial charge in [0.15, 0.2) is 0 Å². The minimum Gasteiger partial charge on any atom is -0.480 e. The van der Waals surface area contributed by atoms with Crippen molar-refractivity contribution < 1.29 is 19.4 Å². The van der Waals surface area contributed by atoms with Gasteiger partial charge < -0.3 is 20.1 Å². The van der Waals surface area contributed by atoms with Crippen LogP contribution in [-0.2, 0) is 20.7 Å². The fourth-order valence-electron chi connectivity index (χ4n) is 1.36. The number of H-pyrrole nitrogens is 1. The van der Waals surface area contributed by atoms with Crippen molar-refractivity contribution in [3.63, 3.8) is 0 Å². The summed E-state index contributed by atoms with van der Waals surface area (Å²) in [4.78, 5) is 29.3. The third-order valence-corrected chi connectivity index (χ3v) is 3.20. The minimum absolute atomic E-state index is 0.184. The van der Waals surface area contributed by atoms with Crippen LogP contribution in [0.4, 0.5) is 0 Å². The van der Waals surface area contributed by atoms with Gasteiger partial charge in [-0.1, -0.05) is 0 Å². The SMILES string of the molecule is COCCSCC(=O)N[C@H](Cc1cnc[nH]1)C(=O)O. The van der Waals surface area contributed by atoms with Crippen molar-refractivity contribution in [3.8, 4) is 0 Å². The molecule has 1 heterocycles. The molecule has 0 saturated carbocycles. The van der Waals surface area contributed by atoms with E-state index in [4.69, 9.17) is 9.84 Å². The maximum Gasteiger partial charge on any atom is 0.326 e. The van der Waals surface area contributed by atoms with Crippen LogP contribution in [0.25, 0.3) is 0 Å². The third kappa shape index (κ3) is 6.25. The maximum atomic E-state index is 11.6. The van der Waals surface area contributed by atoms with Crippen molar-refractivity contribution in [3.05, 3.63) is 18.2 Å². The molecule has 0 aliphatic rings. The fourth-order valence-corrected chi connectivity index (χ4v) is 2.06. The van der Waals surface area contributed by atoms with E-state index >= 15 is 0 Å².